The summed E-state index contributed by atoms with van der Waals surface area (Å²) in [5.41, 5.74) is -0.596. The van der Waals surface area contributed by atoms with Gasteiger partial charge in [0.25, 0.3) is 0 Å². The first-order chi connectivity index (χ1) is 14.6. The largest absolute Gasteiger partial charge is 0.465 e. The predicted octanol–water partition coefficient (Wildman–Crippen LogP) is 3.54. The summed E-state index contributed by atoms with van der Waals surface area (Å²) in [6, 6.07) is -1.72. The topological polar surface area (TPSA) is 84.9 Å². The van der Waals surface area contributed by atoms with Gasteiger partial charge < -0.3 is 14.4 Å². The zero-order chi connectivity index (χ0) is 23.4. The third-order valence-electron chi connectivity index (χ3n) is 5.03. The molecule has 0 bridgehead atoms. The molecule has 0 aromatic rings. The normalized spacial score (nSPS) is 18.5. The fourth-order valence-corrected chi connectivity index (χ4v) is 4.57. The molecule has 7 nitrogen and oxygen atoms in total. The lowest BCUT2D eigenvalue weighted by atomic mass is 10.1. The minimum Gasteiger partial charge on any atom is -0.465 e. The van der Waals surface area contributed by atoms with Crippen LogP contribution in [0.5, 0.6) is 0 Å². The van der Waals surface area contributed by atoms with Gasteiger partial charge in [-0.2, -0.15) is 11.8 Å². The van der Waals surface area contributed by atoms with Gasteiger partial charge in [0.05, 0.1) is 12.6 Å². The van der Waals surface area contributed by atoms with E-state index in [9.17, 15) is 14.4 Å². The van der Waals surface area contributed by atoms with Gasteiger partial charge in [0.15, 0.2) is 0 Å². The molecule has 0 unspecified atom stereocenters. The Hall–Kier alpha value is -1.28. The summed E-state index contributed by atoms with van der Waals surface area (Å²) in [6.07, 6.45) is 6.09. The molecule has 180 valence electrons. The van der Waals surface area contributed by atoms with Crippen molar-refractivity contribution in [1.29, 1.82) is 0 Å². The highest BCUT2D eigenvalue weighted by atomic mass is 32.2. The van der Waals surface area contributed by atoms with Crippen molar-refractivity contribution >= 4 is 29.6 Å². The van der Waals surface area contributed by atoms with Crippen LogP contribution in [-0.2, 0) is 23.9 Å². The Kier molecular flexibility index (Phi) is 12.5. The van der Waals surface area contributed by atoms with Gasteiger partial charge in [-0.05, 0) is 59.6 Å². The summed E-state index contributed by atoms with van der Waals surface area (Å²) >= 11 is 1.70. The number of carbonyl (C=O) groups is 3. The van der Waals surface area contributed by atoms with Gasteiger partial charge in [0.1, 0.15) is 17.7 Å². The zero-order valence-corrected chi connectivity index (χ0v) is 21.0. The molecule has 0 saturated carbocycles. The van der Waals surface area contributed by atoms with Crippen molar-refractivity contribution in [1.82, 2.24) is 10.2 Å². The number of ether oxygens (including phenoxy) is 2. The average molecular weight is 459 g/mol. The standard InChI is InChI=1S/C23H42N2O5S/c1-7-9-10-11-15-31-16-18(21(27)29-8-2)24-17(3)20(26)25-14-12-13-19(25)22(28)30-23(4,5)6/h17-19,24H,7-16H2,1-6H3/t17-,18-,19-/m0/s1. The second kappa shape index (κ2) is 14.0. The van der Waals surface area contributed by atoms with Crippen molar-refractivity contribution in [2.24, 2.45) is 0 Å². The van der Waals surface area contributed by atoms with Crippen LogP contribution in [0, 0.1) is 0 Å². The highest BCUT2D eigenvalue weighted by molar-refractivity contribution is 7.99. The quantitative estimate of drug-likeness (QED) is 0.334. The Morgan fingerprint density at radius 3 is 2.48 bits per heavy atom. The molecule has 31 heavy (non-hydrogen) atoms. The van der Waals surface area contributed by atoms with Crippen molar-refractivity contribution in [3.8, 4) is 0 Å². The fraction of sp³-hybridized carbons (Fsp3) is 0.870. The monoisotopic (exact) mass is 458 g/mol. The minimum absolute atomic E-state index is 0.185. The van der Waals surface area contributed by atoms with Gasteiger partial charge in [-0.1, -0.05) is 26.2 Å². The number of carbonyl (C=O) groups excluding carboxylic acids is 3. The zero-order valence-electron chi connectivity index (χ0n) is 20.2. The molecule has 1 fully saturated rings. The maximum atomic E-state index is 13.1. The molecule has 0 aliphatic carbocycles. The van der Waals surface area contributed by atoms with Crippen LogP contribution < -0.4 is 5.32 Å². The first-order valence-corrected chi connectivity index (χ1v) is 12.8. The molecular weight excluding hydrogens is 416 g/mol. The number of rotatable bonds is 13. The van der Waals surface area contributed by atoms with Gasteiger partial charge in [-0.15, -0.1) is 0 Å². The molecule has 8 heteroatoms. The predicted molar refractivity (Wildman–Crippen MR) is 125 cm³/mol. The lowest BCUT2D eigenvalue weighted by Gasteiger charge is -2.30. The molecule has 1 heterocycles. The average Bonchev–Trinajstić information content (AvgIpc) is 3.17. The number of esters is 2. The van der Waals surface area contributed by atoms with Crippen LogP contribution in [0.3, 0.4) is 0 Å². The summed E-state index contributed by atoms with van der Waals surface area (Å²) in [4.78, 5) is 39.6. The smallest absolute Gasteiger partial charge is 0.329 e. The van der Waals surface area contributed by atoms with E-state index in [4.69, 9.17) is 9.47 Å². The highest BCUT2D eigenvalue weighted by Crippen LogP contribution is 2.22. The van der Waals surface area contributed by atoms with Gasteiger partial charge >= 0.3 is 11.9 Å². The number of likely N-dealkylation sites (tertiary alicyclic amines) is 1. The number of hydrogen-bond acceptors (Lipinski definition) is 7. The molecule has 3 atom stereocenters. The Labute approximate surface area is 192 Å². The van der Waals surface area contributed by atoms with Gasteiger partial charge in [-0.3, -0.25) is 14.9 Å². The van der Waals surface area contributed by atoms with E-state index in [1.807, 2.05) is 20.8 Å². The molecule has 0 radical (unpaired) electrons. The number of unbranched alkanes of at least 4 members (excludes halogenated alkanes) is 3. The van der Waals surface area contributed by atoms with Crippen LogP contribution in [0.15, 0.2) is 0 Å². The first kappa shape index (κ1) is 27.8. The SMILES string of the molecule is CCCCCCSC[C@H](N[C@@H](C)C(=O)N1CCC[C@H]1C(=O)OC(C)(C)C)C(=O)OCC. The number of nitrogens with zero attached hydrogens (tertiary/aromatic N) is 1. The first-order valence-electron chi connectivity index (χ1n) is 11.6. The minimum atomic E-state index is -0.599. The Morgan fingerprint density at radius 2 is 1.87 bits per heavy atom. The summed E-state index contributed by atoms with van der Waals surface area (Å²) in [7, 11) is 0. The third-order valence-corrected chi connectivity index (χ3v) is 6.18. The summed E-state index contributed by atoms with van der Waals surface area (Å²) < 4.78 is 10.7. The lowest BCUT2D eigenvalue weighted by Crippen LogP contribution is -2.54. The number of amides is 1. The van der Waals surface area contributed by atoms with Gasteiger partial charge in [0, 0.05) is 12.3 Å². The van der Waals surface area contributed by atoms with E-state index in [2.05, 4.69) is 12.2 Å². The second-order valence-electron chi connectivity index (χ2n) is 9.05. The van der Waals surface area contributed by atoms with Crippen LogP contribution in [0.1, 0.15) is 80.1 Å². The molecule has 1 aliphatic rings. The van der Waals surface area contributed by atoms with Crippen molar-refractivity contribution in [2.45, 2.75) is 104 Å². The number of hydrogen-bond donors (Lipinski definition) is 1. The molecule has 1 rings (SSSR count). The maximum Gasteiger partial charge on any atom is 0.329 e. The highest BCUT2D eigenvalue weighted by Gasteiger charge is 2.39. The van der Waals surface area contributed by atoms with E-state index in [0.717, 1.165) is 18.6 Å². The van der Waals surface area contributed by atoms with E-state index in [1.54, 1.807) is 30.5 Å². The summed E-state index contributed by atoms with van der Waals surface area (Å²) in [5.74, 6) is 0.643. The van der Waals surface area contributed by atoms with Crippen molar-refractivity contribution in [3.63, 3.8) is 0 Å². The molecule has 0 spiro atoms. The van der Waals surface area contributed by atoms with E-state index in [1.165, 1.54) is 19.3 Å². The lowest BCUT2D eigenvalue weighted by molar-refractivity contribution is -0.163. The second-order valence-corrected chi connectivity index (χ2v) is 10.2. The van der Waals surface area contributed by atoms with Crippen LogP contribution >= 0.6 is 11.8 Å². The van der Waals surface area contributed by atoms with E-state index in [0.29, 0.717) is 25.3 Å². The molecule has 0 aromatic heterocycles. The Morgan fingerprint density at radius 1 is 1.16 bits per heavy atom. The van der Waals surface area contributed by atoms with Crippen LogP contribution in [0.4, 0.5) is 0 Å². The third kappa shape index (κ3) is 10.3. The van der Waals surface area contributed by atoms with E-state index < -0.39 is 23.7 Å². The molecule has 1 N–H and O–H groups in total. The van der Waals surface area contributed by atoms with Gasteiger partial charge in [-0.25, -0.2) is 4.79 Å². The van der Waals surface area contributed by atoms with E-state index in [-0.39, 0.29) is 17.8 Å². The molecule has 1 aliphatic heterocycles. The Bertz CT molecular complexity index is 579. The molecule has 1 amide bonds. The van der Waals surface area contributed by atoms with Crippen molar-refractivity contribution < 1.29 is 23.9 Å². The summed E-state index contributed by atoms with van der Waals surface area (Å²) in [5, 5.41) is 3.15. The van der Waals surface area contributed by atoms with Crippen molar-refractivity contribution in [2.75, 3.05) is 24.7 Å². The van der Waals surface area contributed by atoms with Gasteiger partial charge in [0.2, 0.25) is 5.91 Å². The Balaban J connectivity index is 2.68. The summed E-state index contributed by atoms with van der Waals surface area (Å²) in [6.45, 7) is 12.0. The number of thioether (sulfide) groups is 1. The molecule has 0 aromatic carbocycles. The van der Waals surface area contributed by atoms with Crippen LogP contribution in [0.2, 0.25) is 0 Å². The van der Waals surface area contributed by atoms with Crippen LogP contribution in [0.25, 0.3) is 0 Å². The molecular formula is C23H42N2O5S. The maximum absolute atomic E-state index is 13.1. The number of nitrogens with one attached hydrogen (secondary N) is 1. The van der Waals surface area contributed by atoms with E-state index >= 15 is 0 Å². The fourth-order valence-electron chi connectivity index (χ4n) is 3.53. The molecule has 1 saturated heterocycles. The van der Waals surface area contributed by atoms with Crippen molar-refractivity contribution in [3.05, 3.63) is 0 Å². The van der Waals surface area contributed by atoms with Crippen LogP contribution in [-0.4, -0.2) is 71.1 Å².